The van der Waals surface area contributed by atoms with E-state index in [0.29, 0.717) is 12.3 Å². The van der Waals surface area contributed by atoms with Crippen LogP contribution in [-0.2, 0) is 0 Å². The van der Waals surface area contributed by atoms with Gasteiger partial charge in [-0.1, -0.05) is 6.92 Å². The molecule has 0 aliphatic rings. The van der Waals surface area contributed by atoms with Crippen LogP contribution in [-0.4, -0.2) is 24.6 Å². The summed E-state index contributed by atoms with van der Waals surface area (Å²) in [5.74, 6) is 0.660. The molecule has 0 amide bonds. The van der Waals surface area contributed by atoms with Gasteiger partial charge in [0, 0.05) is 11.4 Å². The highest BCUT2D eigenvalue weighted by atomic mass is 35.5. The molecule has 0 aliphatic carbocycles. The second-order valence-electron chi connectivity index (χ2n) is 3.32. The lowest BCUT2D eigenvalue weighted by Crippen LogP contribution is -2.42. The van der Waals surface area contributed by atoms with Crippen molar-refractivity contribution >= 4 is 11.6 Å². The maximum atomic E-state index is 11.8. The molecular weight excluding hydrogens is 177 g/mol. The van der Waals surface area contributed by atoms with Crippen LogP contribution < -0.4 is 5.32 Å². The summed E-state index contributed by atoms with van der Waals surface area (Å²) in [6.45, 7) is 4.76. The Balaban J connectivity index is 3.63. The molecule has 0 fully saturated rings. The Labute approximate surface area is 79.7 Å². The zero-order valence-electron chi connectivity index (χ0n) is 8.00. The van der Waals surface area contributed by atoms with Gasteiger partial charge < -0.3 is 5.32 Å². The van der Waals surface area contributed by atoms with E-state index in [0.717, 1.165) is 19.4 Å². The number of halogens is 2. The predicted octanol–water partition coefficient (Wildman–Crippen LogP) is 2.73. The Morgan fingerprint density at radius 1 is 1.50 bits per heavy atom. The number of hydrogen-bond donors (Lipinski definition) is 1. The first-order valence-electron chi connectivity index (χ1n) is 4.55. The lowest BCUT2D eigenvalue weighted by Gasteiger charge is -2.28. The van der Waals surface area contributed by atoms with E-state index in [-0.39, 0.29) is 12.2 Å². The molecular formula is C9H19ClFN. The molecule has 1 atom stereocenters. The van der Waals surface area contributed by atoms with Crippen LogP contribution in [0.15, 0.2) is 0 Å². The molecule has 0 spiro atoms. The molecule has 1 nitrogen and oxygen atoms in total. The van der Waals surface area contributed by atoms with Crippen molar-refractivity contribution in [3.8, 4) is 0 Å². The normalized spacial score (nSPS) is 16.0. The average molecular weight is 196 g/mol. The van der Waals surface area contributed by atoms with Crippen molar-refractivity contribution in [1.82, 2.24) is 5.32 Å². The van der Waals surface area contributed by atoms with Crippen LogP contribution in [0.3, 0.4) is 0 Å². The summed E-state index contributed by atoms with van der Waals surface area (Å²) >= 11 is 5.66. The second kappa shape index (κ2) is 6.67. The van der Waals surface area contributed by atoms with E-state index in [4.69, 9.17) is 11.6 Å². The third kappa shape index (κ3) is 4.94. The zero-order chi connectivity index (χ0) is 9.45. The number of rotatable bonds is 7. The van der Waals surface area contributed by atoms with Gasteiger partial charge in [0.1, 0.15) is 0 Å². The summed E-state index contributed by atoms with van der Waals surface area (Å²) in [5.41, 5.74) is 0.0942. The molecule has 0 aromatic carbocycles. The van der Waals surface area contributed by atoms with Gasteiger partial charge >= 0.3 is 0 Å². The van der Waals surface area contributed by atoms with E-state index in [9.17, 15) is 4.39 Å². The van der Waals surface area contributed by atoms with E-state index in [1.165, 1.54) is 0 Å². The Morgan fingerprint density at radius 2 is 2.17 bits per heavy atom. The minimum Gasteiger partial charge on any atom is -0.311 e. The SMILES string of the molecule is CCC(C)(CCCl)NCCCF. The van der Waals surface area contributed by atoms with Gasteiger partial charge in [0.25, 0.3) is 0 Å². The van der Waals surface area contributed by atoms with Gasteiger partial charge in [-0.15, -0.1) is 11.6 Å². The minimum absolute atomic E-state index is 0.0942. The highest BCUT2D eigenvalue weighted by molar-refractivity contribution is 6.17. The van der Waals surface area contributed by atoms with E-state index in [1.807, 2.05) is 0 Å². The zero-order valence-corrected chi connectivity index (χ0v) is 8.75. The molecule has 3 heteroatoms. The van der Waals surface area contributed by atoms with Crippen molar-refractivity contribution in [3.63, 3.8) is 0 Å². The lowest BCUT2D eigenvalue weighted by molar-refractivity contribution is 0.322. The van der Waals surface area contributed by atoms with Crippen LogP contribution in [0.25, 0.3) is 0 Å². The average Bonchev–Trinajstić information content (AvgIpc) is 2.06. The van der Waals surface area contributed by atoms with Crippen LogP contribution >= 0.6 is 11.6 Å². The molecule has 0 aromatic rings. The highest BCUT2D eigenvalue weighted by Crippen LogP contribution is 2.14. The van der Waals surface area contributed by atoms with E-state index in [2.05, 4.69) is 19.2 Å². The van der Waals surface area contributed by atoms with Crippen molar-refractivity contribution in [2.24, 2.45) is 0 Å². The quantitative estimate of drug-likeness (QED) is 0.487. The molecule has 1 unspecified atom stereocenters. The van der Waals surface area contributed by atoms with Gasteiger partial charge in [0.05, 0.1) is 6.67 Å². The fourth-order valence-electron chi connectivity index (χ4n) is 1.06. The summed E-state index contributed by atoms with van der Waals surface area (Å²) in [4.78, 5) is 0. The molecule has 1 N–H and O–H groups in total. The molecule has 0 rings (SSSR count). The standard InChI is InChI=1S/C9H19ClFN/c1-3-9(2,5-6-10)12-8-4-7-11/h12H,3-8H2,1-2H3. The topological polar surface area (TPSA) is 12.0 Å². The molecule has 0 heterocycles. The van der Waals surface area contributed by atoms with Crippen LogP contribution in [0.2, 0.25) is 0 Å². The van der Waals surface area contributed by atoms with Crippen LogP contribution in [0, 0.1) is 0 Å². The first kappa shape index (κ1) is 12.2. The Bertz CT molecular complexity index is 111. The monoisotopic (exact) mass is 195 g/mol. The summed E-state index contributed by atoms with van der Waals surface area (Å²) in [5, 5.41) is 3.32. The molecule has 0 saturated heterocycles. The summed E-state index contributed by atoms with van der Waals surface area (Å²) in [6, 6.07) is 0. The molecule has 0 bridgehead atoms. The van der Waals surface area contributed by atoms with Gasteiger partial charge in [-0.25, -0.2) is 0 Å². The van der Waals surface area contributed by atoms with E-state index >= 15 is 0 Å². The Kier molecular flexibility index (Phi) is 6.77. The van der Waals surface area contributed by atoms with Gasteiger partial charge in [-0.05, 0) is 32.7 Å². The van der Waals surface area contributed by atoms with E-state index < -0.39 is 0 Å². The maximum absolute atomic E-state index is 11.8. The fraction of sp³-hybridized carbons (Fsp3) is 1.00. The maximum Gasteiger partial charge on any atom is 0.0906 e. The lowest BCUT2D eigenvalue weighted by atomic mass is 9.95. The number of hydrogen-bond acceptors (Lipinski definition) is 1. The van der Waals surface area contributed by atoms with Crippen molar-refractivity contribution in [3.05, 3.63) is 0 Å². The molecule has 0 saturated carbocycles. The van der Waals surface area contributed by atoms with E-state index in [1.54, 1.807) is 0 Å². The van der Waals surface area contributed by atoms with Crippen LogP contribution in [0.1, 0.15) is 33.1 Å². The third-order valence-electron chi connectivity index (χ3n) is 2.29. The molecule has 0 aliphatic heterocycles. The number of nitrogens with one attached hydrogen (secondary N) is 1. The van der Waals surface area contributed by atoms with Gasteiger partial charge in [-0.2, -0.15) is 0 Å². The van der Waals surface area contributed by atoms with Crippen molar-refractivity contribution in [1.29, 1.82) is 0 Å². The Hall–Kier alpha value is 0.180. The largest absolute Gasteiger partial charge is 0.311 e. The highest BCUT2D eigenvalue weighted by Gasteiger charge is 2.19. The van der Waals surface area contributed by atoms with Crippen molar-refractivity contribution in [2.45, 2.75) is 38.6 Å². The first-order valence-corrected chi connectivity index (χ1v) is 5.09. The first-order chi connectivity index (χ1) is 5.68. The summed E-state index contributed by atoms with van der Waals surface area (Å²) < 4.78 is 11.8. The number of alkyl halides is 2. The molecule has 12 heavy (non-hydrogen) atoms. The Morgan fingerprint density at radius 3 is 2.58 bits per heavy atom. The third-order valence-corrected chi connectivity index (χ3v) is 2.48. The van der Waals surface area contributed by atoms with Crippen molar-refractivity contribution in [2.75, 3.05) is 19.1 Å². The van der Waals surface area contributed by atoms with Crippen LogP contribution in [0.4, 0.5) is 4.39 Å². The molecule has 0 radical (unpaired) electrons. The second-order valence-corrected chi connectivity index (χ2v) is 3.70. The smallest absolute Gasteiger partial charge is 0.0906 e. The van der Waals surface area contributed by atoms with Crippen molar-refractivity contribution < 1.29 is 4.39 Å². The predicted molar refractivity (Wildman–Crippen MR) is 52.6 cm³/mol. The molecule has 0 aromatic heterocycles. The van der Waals surface area contributed by atoms with Gasteiger partial charge in [0.2, 0.25) is 0 Å². The van der Waals surface area contributed by atoms with Gasteiger partial charge in [0.15, 0.2) is 0 Å². The fourth-order valence-corrected chi connectivity index (χ4v) is 1.47. The molecule has 74 valence electrons. The summed E-state index contributed by atoms with van der Waals surface area (Å²) in [7, 11) is 0. The van der Waals surface area contributed by atoms with Crippen LogP contribution in [0.5, 0.6) is 0 Å². The van der Waals surface area contributed by atoms with Gasteiger partial charge in [-0.3, -0.25) is 4.39 Å². The summed E-state index contributed by atoms with van der Waals surface area (Å²) in [6.07, 6.45) is 2.57. The minimum atomic E-state index is -0.242.